The third-order valence-electron chi connectivity index (χ3n) is 4.83. The fraction of sp³-hybridized carbons (Fsp3) is 0.150. The summed E-state index contributed by atoms with van der Waals surface area (Å²) in [6.45, 7) is 1.95. The van der Waals surface area contributed by atoms with Crippen molar-refractivity contribution in [1.29, 1.82) is 0 Å². The van der Waals surface area contributed by atoms with Gasteiger partial charge >= 0.3 is 0 Å². The van der Waals surface area contributed by atoms with Crippen LogP contribution in [0.25, 0.3) is 27.6 Å². The van der Waals surface area contributed by atoms with Gasteiger partial charge in [0.1, 0.15) is 17.9 Å². The zero-order valence-corrected chi connectivity index (χ0v) is 16.1. The molecule has 0 saturated heterocycles. The summed E-state index contributed by atoms with van der Waals surface area (Å²) in [7, 11) is 1.61. The van der Waals surface area contributed by atoms with Gasteiger partial charge in [0.25, 0.3) is 0 Å². The first-order valence-electron chi connectivity index (χ1n) is 8.61. The third kappa shape index (κ3) is 2.94. The van der Waals surface area contributed by atoms with Gasteiger partial charge in [-0.15, -0.1) is 0 Å². The van der Waals surface area contributed by atoms with Crippen molar-refractivity contribution in [1.82, 2.24) is 20.0 Å². The maximum Gasteiger partial charge on any atom is 0.238 e. The second-order valence-electron chi connectivity index (χ2n) is 6.39. The van der Waals surface area contributed by atoms with Gasteiger partial charge in [-0.1, -0.05) is 11.6 Å². The largest absolute Gasteiger partial charge is 0.497 e. The van der Waals surface area contributed by atoms with E-state index in [-0.39, 0.29) is 12.3 Å². The minimum absolute atomic E-state index is 0.147. The molecule has 0 aliphatic heterocycles. The quantitative estimate of drug-likeness (QED) is 0.314. The minimum atomic E-state index is -0.274. The smallest absolute Gasteiger partial charge is 0.238 e. The van der Waals surface area contributed by atoms with Crippen LogP contribution in [0.1, 0.15) is 11.3 Å². The van der Waals surface area contributed by atoms with Crippen molar-refractivity contribution in [3.63, 3.8) is 0 Å². The molecule has 3 N–H and O–H groups in total. The number of rotatable bonds is 4. The molecular formula is C20H18ClN5O2. The Balaban J connectivity index is 2.05. The number of aromatic nitrogens is 3. The fourth-order valence-electron chi connectivity index (χ4n) is 3.49. The van der Waals surface area contributed by atoms with Crippen molar-refractivity contribution in [2.24, 2.45) is 5.84 Å². The molecule has 2 aromatic heterocycles. The lowest BCUT2D eigenvalue weighted by molar-refractivity contribution is -0.120. The van der Waals surface area contributed by atoms with Crippen molar-refractivity contribution in [2.75, 3.05) is 7.11 Å². The first-order valence-corrected chi connectivity index (χ1v) is 8.99. The number of nitrogens with zero attached hydrogens (tertiary/aromatic N) is 3. The number of methoxy groups -OCH3 is 1. The number of fused-ring (bicyclic) bond motifs is 2. The molecule has 142 valence electrons. The van der Waals surface area contributed by atoms with Crippen LogP contribution in [0.4, 0.5) is 0 Å². The lowest BCUT2D eigenvalue weighted by Gasteiger charge is -2.11. The van der Waals surface area contributed by atoms with E-state index in [4.69, 9.17) is 22.2 Å². The Hall–Kier alpha value is -3.16. The van der Waals surface area contributed by atoms with Gasteiger partial charge in [0.15, 0.2) is 0 Å². The maximum atomic E-state index is 12.0. The summed E-state index contributed by atoms with van der Waals surface area (Å²) >= 11 is 6.12. The molecule has 8 heteroatoms. The van der Waals surface area contributed by atoms with Crippen LogP contribution in [-0.2, 0) is 11.2 Å². The predicted molar refractivity (Wildman–Crippen MR) is 109 cm³/mol. The summed E-state index contributed by atoms with van der Waals surface area (Å²) in [6, 6.07) is 11.3. The number of hydrazine groups is 1. The topological polar surface area (TPSA) is 95.1 Å². The maximum absolute atomic E-state index is 12.0. The van der Waals surface area contributed by atoms with Crippen LogP contribution in [0.3, 0.4) is 0 Å². The Morgan fingerprint density at radius 3 is 2.79 bits per heavy atom. The van der Waals surface area contributed by atoms with Crippen molar-refractivity contribution in [3.8, 4) is 11.6 Å². The van der Waals surface area contributed by atoms with E-state index in [1.807, 2.05) is 41.8 Å². The molecule has 0 aliphatic rings. The van der Waals surface area contributed by atoms with Crippen molar-refractivity contribution in [3.05, 3.63) is 59.0 Å². The van der Waals surface area contributed by atoms with E-state index < -0.39 is 0 Å². The fourth-order valence-corrected chi connectivity index (χ4v) is 3.66. The Morgan fingerprint density at radius 2 is 2.04 bits per heavy atom. The summed E-state index contributed by atoms with van der Waals surface area (Å²) in [6.07, 6.45) is 1.66. The normalized spacial score (nSPS) is 11.1. The second-order valence-corrected chi connectivity index (χ2v) is 6.82. The van der Waals surface area contributed by atoms with Gasteiger partial charge in [-0.3, -0.25) is 14.8 Å². The van der Waals surface area contributed by atoms with E-state index in [0.29, 0.717) is 16.6 Å². The molecule has 2 aromatic carbocycles. The van der Waals surface area contributed by atoms with Gasteiger partial charge < -0.3 is 4.74 Å². The number of hydrogen-bond donors (Lipinski definition) is 2. The van der Waals surface area contributed by atoms with Crippen LogP contribution in [0.5, 0.6) is 5.75 Å². The van der Waals surface area contributed by atoms with Crippen molar-refractivity contribution in [2.45, 2.75) is 13.3 Å². The van der Waals surface area contributed by atoms with Gasteiger partial charge in [0, 0.05) is 21.5 Å². The van der Waals surface area contributed by atoms with E-state index in [2.05, 4.69) is 15.4 Å². The first-order chi connectivity index (χ1) is 13.5. The highest BCUT2D eigenvalue weighted by Gasteiger charge is 2.20. The van der Waals surface area contributed by atoms with Crippen molar-refractivity contribution < 1.29 is 9.53 Å². The van der Waals surface area contributed by atoms with E-state index in [9.17, 15) is 4.79 Å². The first kappa shape index (κ1) is 18.2. The Kier molecular flexibility index (Phi) is 4.62. The van der Waals surface area contributed by atoms with Gasteiger partial charge in [-0.2, -0.15) is 0 Å². The number of halogens is 1. The monoisotopic (exact) mass is 395 g/mol. The van der Waals surface area contributed by atoms with Crippen LogP contribution in [0, 0.1) is 6.92 Å². The lowest BCUT2D eigenvalue weighted by atomic mass is 10.1. The van der Waals surface area contributed by atoms with E-state index in [1.54, 1.807) is 13.2 Å². The molecule has 0 bridgehead atoms. The third-order valence-corrected chi connectivity index (χ3v) is 5.06. The number of ether oxygens (including phenoxy) is 1. The van der Waals surface area contributed by atoms with Crippen LogP contribution in [0.15, 0.2) is 42.7 Å². The van der Waals surface area contributed by atoms with E-state index in [1.165, 1.54) is 6.33 Å². The summed E-state index contributed by atoms with van der Waals surface area (Å²) in [5.74, 6) is 6.46. The second kappa shape index (κ2) is 7.10. The van der Waals surface area contributed by atoms with E-state index in [0.717, 1.165) is 33.1 Å². The minimum Gasteiger partial charge on any atom is -0.497 e. The number of carbonyl (C=O) groups is 1. The van der Waals surface area contributed by atoms with Crippen LogP contribution >= 0.6 is 11.6 Å². The summed E-state index contributed by atoms with van der Waals surface area (Å²) in [4.78, 5) is 20.9. The van der Waals surface area contributed by atoms with Crippen LogP contribution in [-0.4, -0.2) is 27.6 Å². The Bertz CT molecular complexity index is 1220. The molecule has 1 amide bonds. The molecule has 0 saturated carbocycles. The SMILES string of the molecule is COc1ccc2c(c1)c(CC(=O)NN)c(C)n2-c1ncnc2cc(Cl)ccc12. The van der Waals surface area contributed by atoms with Gasteiger partial charge in [-0.25, -0.2) is 15.8 Å². The highest BCUT2D eigenvalue weighted by Crippen LogP contribution is 2.34. The van der Waals surface area contributed by atoms with Gasteiger partial charge in [0.2, 0.25) is 5.91 Å². The Morgan fingerprint density at radius 1 is 1.21 bits per heavy atom. The molecule has 0 fully saturated rings. The van der Waals surface area contributed by atoms with Crippen LogP contribution in [0.2, 0.25) is 5.02 Å². The molecule has 0 radical (unpaired) electrons. The molecule has 2 heterocycles. The summed E-state index contributed by atoms with van der Waals surface area (Å²) in [5.41, 5.74) is 5.60. The molecular weight excluding hydrogens is 378 g/mol. The number of carbonyl (C=O) groups excluding carboxylic acids is 1. The summed E-state index contributed by atoms with van der Waals surface area (Å²) in [5, 5.41) is 2.37. The number of amides is 1. The average molecular weight is 396 g/mol. The molecule has 28 heavy (non-hydrogen) atoms. The zero-order chi connectivity index (χ0) is 19.8. The molecule has 4 aromatic rings. The highest BCUT2D eigenvalue weighted by atomic mass is 35.5. The van der Waals surface area contributed by atoms with Gasteiger partial charge in [-0.05, 0) is 48.9 Å². The molecule has 0 aliphatic carbocycles. The molecule has 0 atom stereocenters. The van der Waals surface area contributed by atoms with Crippen molar-refractivity contribution >= 4 is 39.3 Å². The number of nitrogens with one attached hydrogen (secondary N) is 1. The van der Waals surface area contributed by atoms with E-state index >= 15 is 0 Å². The zero-order valence-electron chi connectivity index (χ0n) is 15.4. The average Bonchev–Trinajstić information content (AvgIpc) is 2.97. The van der Waals surface area contributed by atoms with Gasteiger partial charge in [0.05, 0.1) is 24.6 Å². The summed E-state index contributed by atoms with van der Waals surface area (Å²) < 4.78 is 7.39. The molecule has 0 spiro atoms. The van der Waals surface area contributed by atoms with Crippen LogP contribution < -0.4 is 16.0 Å². The number of benzene rings is 2. The standard InChI is InChI=1S/C20H18ClN5O2/c1-11-15(9-19(27)25-22)16-8-13(28-2)4-6-18(16)26(11)20-14-5-3-12(21)7-17(14)23-10-24-20/h3-8,10H,9,22H2,1-2H3,(H,25,27). The predicted octanol–water partition coefficient (Wildman–Crippen LogP) is 3.08. The molecule has 4 rings (SSSR count). The molecule has 7 nitrogen and oxygen atoms in total. The Labute approximate surface area is 166 Å². The number of nitrogens with two attached hydrogens (primary N) is 1. The highest BCUT2D eigenvalue weighted by molar-refractivity contribution is 6.31. The molecule has 0 unspecified atom stereocenters. The lowest BCUT2D eigenvalue weighted by Crippen LogP contribution is -2.31. The number of hydrogen-bond acceptors (Lipinski definition) is 5.